The second-order valence-electron chi connectivity index (χ2n) is 7.66. The number of rotatable bonds is 8. The van der Waals surface area contributed by atoms with Crippen LogP contribution in [0.15, 0.2) is 30.3 Å². The molecule has 0 unspecified atom stereocenters. The van der Waals surface area contributed by atoms with E-state index in [4.69, 9.17) is 0 Å². The molecule has 146 valence electrons. The molecule has 5 heteroatoms. The summed E-state index contributed by atoms with van der Waals surface area (Å²) < 4.78 is 0. The minimum absolute atomic E-state index is 0.775. The van der Waals surface area contributed by atoms with Gasteiger partial charge in [0.25, 0.3) is 0 Å². The Kier molecular flexibility index (Phi) is 6.91. The van der Waals surface area contributed by atoms with Crippen molar-refractivity contribution in [2.45, 2.75) is 52.9 Å². The van der Waals surface area contributed by atoms with Crippen LogP contribution in [-0.4, -0.2) is 29.6 Å². The number of hydrogen-bond donors (Lipinski definition) is 2. The standard InChI is InChI=1S/C22H33N5/c1-4-5-6-13-23-21-16-22(25-18(3)24-21)26-19-7-9-20(10-8-19)27-14-11-17(2)12-15-27/h7-10,16-17H,4-6,11-15H2,1-3H3,(H2,23,24,25,26). The van der Waals surface area contributed by atoms with Gasteiger partial charge < -0.3 is 15.5 Å². The molecule has 27 heavy (non-hydrogen) atoms. The van der Waals surface area contributed by atoms with Gasteiger partial charge in [-0.3, -0.25) is 0 Å². The predicted molar refractivity (Wildman–Crippen MR) is 115 cm³/mol. The SMILES string of the molecule is CCCCCNc1cc(Nc2ccc(N3CCC(C)CC3)cc2)nc(C)n1. The zero-order valence-corrected chi connectivity index (χ0v) is 17.0. The van der Waals surface area contributed by atoms with Crippen LogP contribution >= 0.6 is 0 Å². The molecular formula is C22H33N5. The van der Waals surface area contributed by atoms with Crippen LogP contribution in [0.5, 0.6) is 0 Å². The normalized spacial score (nSPS) is 15.0. The Morgan fingerprint density at radius 2 is 1.74 bits per heavy atom. The molecule has 2 heterocycles. The van der Waals surface area contributed by atoms with E-state index >= 15 is 0 Å². The van der Waals surface area contributed by atoms with Crippen molar-refractivity contribution in [2.24, 2.45) is 5.92 Å². The number of aromatic nitrogens is 2. The third-order valence-electron chi connectivity index (χ3n) is 5.21. The lowest BCUT2D eigenvalue weighted by molar-refractivity contribution is 0.438. The molecule has 5 nitrogen and oxygen atoms in total. The molecule has 1 aliphatic heterocycles. The van der Waals surface area contributed by atoms with E-state index in [0.29, 0.717) is 0 Å². The highest BCUT2D eigenvalue weighted by atomic mass is 15.1. The fourth-order valence-electron chi connectivity index (χ4n) is 3.48. The van der Waals surface area contributed by atoms with E-state index in [-0.39, 0.29) is 0 Å². The summed E-state index contributed by atoms with van der Waals surface area (Å²) >= 11 is 0. The summed E-state index contributed by atoms with van der Waals surface area (Å²) in [7, 11) is 0. The third kappa shape index (κ3) is 5.84. The first kappa shape index (κ1) is 19.5. The second-order valence-corrected chi connectivity index (χ2v) is 7.66. The van der Waals surface area contributed by atoms with Crippen molar-refractivity contribution < 1.29 is 0 Å². The summed E-state index contributed by atoms with van der Waals surface area (Å²) in [6.07, 6.45) is 6.20. The second kappa shape index (κ2) is 9.58. The molecule has 0 atom stereocenters. The maximum Gasteiger partial charge on any atom is 0.136 e. The molecule has 1 fully saturated rings. The van der Waals surface area contributed by atoms with Crippen LogP contribution in [0.4, 0.5) is 23.0 Å². The lowest BCUT2D eigenvalue weighted by Crippen LogP contribution is -2.32. The molecule has 0 radical (unpaired) electrons. The lowest BCUT2D eigenvalue weighted by Gasteiger charge is -2.32. The first-order valence-corrected chi connectivity index (χ1v) is 10.4. The van der Waals surface area contributed by atoms with E-state index in [2.05, 4.69) is 63.6 Å². The summed E-state index contributed by atoms with van der Waals surface area (Å²) in [5.74, 6) is 3.35. The smallest absolute Gasteiger partial charge is 0.136 e. The molecule has 0 amide bonds. The summed E-state index contributed by atoms with van der Waals surface area (Å²) in [6.45, 7) is 9.77. The number of nitrogens with zero attached hydrogens (tertiary/aromatic N) is 3. The van der Waals surface area contributed by atoms with Crippen molar-refractivity contribution in [1.29, 1.82) is 0 Å². The molecule has 1 aliphatic rings. The molecule has 0 bridgehead atoms. The highest BCUT2D eigenvalue weighted by Crippen LogP contribution is 2.25. The molecule has 0 saturated carbocycles. The molecule has 0 aliphatic carbocycles. The fraction of sp³-hybridized carbons (Fsp3) is 0.545. The zero-order chi connectivity index (χ0) is 19.1. The van der Waals surface area contributed by atoms with Crippen molar-refractivity contribution in [3.05, 3.63) is 36.2 Å². The first-order valence-electron chi connectivity index (χ1n) is 10.4. The van der Waals surface area contributed by atoms with Gasteiger partial charge in [0.2, 0.25) is 0 Å². The number of nitrogens with one attached hydrogen (secondary N) is 2. The Morgan fingerprint density at radius 3 is 2.44 bits per heavy atom. The van der Waals surface area contributed by atoms with Gasteiger partial charge in [0.1, 0.15) is 17.5 Å². The molecule has 0 spiro atoms. The van der Waals surface area contributed by atoms with Gasteiger partial charge >= 0.3 is 0 Å². The summed E-state index contributed by atoms with van der Waals surface area (Å²) in [4.78, 5) is 11.5. The van der Waals surface area contributed by atoms with Crippen molar-refractivity contribution in [1.82, 2.24) is 9.97 Å². The van der Waals surface area contributed by atoms with Crippen molar-refractivity contribution in [3.8, 4) is 0 Å². The Balaban J connectivity index is 1.60. The minimum atomic E-state index is 0.775. The van der Waals surface area contributed by atoms with Crippen LogP contribution in [0, 0.1) is 12.8 Å². The van der Waals surface area contributed by atoms with Gasteiger partial charge in [-0.15, -0.1) is 0 Å². The van der Waals surface area contributed by atoms with Crippen LogP contribution in [0.25, 0.3) is 0 Å². The van der Waals surface area contributed by atoms with Crippen molar-refractivity contribution in [3.63, 3.8) is 0 Å². The highest BCUT2D eigenvalue weighted by Gasteiger charge is 2.15. The summed E-state index contributed by atoms with van der Waals surface area (Å²) in [5, 5.41) is 6.82. The number of benzene rings is 1. The number of piperidine rings is 1. The average Bonchev–Trinajstić information content (AvgIpc) is 2.66. The molecule has 1 saturated heterocycles. The van der Waals surface area contributed by atoms with Crippen LogP contribution in [0.2, 0.25) is 0 Å². The van der Waals surface area contributed by atoms with Gasteiger partial charge in [-0.05, 0) is 56.4 Å². The van der Waals surface area contributed by atoms with Gasteiger partial charge in [-0.2, -0.15) is 0 Å². The van der Waals surface area contributed by atoms with Gasteiger partial charge in [0.15, 0.2) is 0 Å². The predicted octanol–water partition coefficient (Wildman–Crippen LogP) is 5.37. The molecule has 2 aromatic rings. The maximum atomic E-state index is 4.52. The van der Waals surface area contributed by atoms with E-state index in [1.165, 1.54) is 37.8 Å². The van der Waals surface area contributed by atoms with Crippen molar-refractivity contribution >= 4 is 23.0 Å². The Morgan fingerprint density at radius 1 is 1.04 bits per heavy atom. The van der Waals surface area contributed by atoms with Gasteiger partial charge in [0, 0.05) is 37.1 Å². The van der Waals surface area contributed by atoms with Crippen LogP contribution < -0.4 is 15.5 Å². The highest BCUT2D eigenvalue weighted by molar-refractivity contribution is 5.62. The monoisotopic (exact) mass is 367 g/mol. The quantitative estimate of drug-likeness (QED) is 0.615. The number of aryl methyl sites for hydroxylation is 1. The van der Waals surface area contributed by atoms with Gasteiger partial charge in [-0.1, -0.05) is 26.7 Å². The molecule has 1 aromatic heterocycles. The average molecular weight is 368 g/mol. The minimum Gasteiger partial charge on any atom is -0.372 e. The first-order chi connectivity index (χ1) is 13.1. The Hall–Kier alpha value is -2.30. The zero-order valence-electron chi connectivity index (χ0n) is 17.0. The topological polar surface area (TPSA) is 53.1 Å². The number of unbranched alkanes of at least 4 members (excludes halogenated alkanes) is 2. The molecule has 3 rings (SSSR count). The van der Waals surface area contributed by atoms with Crippen LogP contribution in [-0.2, 0) is 0 Å². The van der Waals surface area contributed by atoms with Crippen LogP contribution in [0.3, 0.4) is 0 Å². The van der Waals surface area contributed by atoms with E-state index in [0.717, 1.165) is 48.7 Å². The van der Waals surface area contributed by atoms with E-state index in [1.807, 2.05) is 13.0 Å². The third-order valence-corrected chi connectivity index (χ3v) is 5.21. The Labute approximate surface area is 163 Å². The lowest BCUT2D eigenvalue weighted by atomic mass is 9.99. The molecular weight excluding hydrogens is 334 g/mol. The fourth-order valence-corrected chi connectivity index (χ4v) is 3.48. The van der Waals surface area contributed by atoms with E-state index in [9.17, 15) is 0 Å². The van der Waals surface area contributed by atoms with E-state index in [1.54, 1.807) is 0 Å². The maximum absolute atomic E-state index is 4.52. The summed E-state index contributed by atoms with van der Waals surface area (Å²) in [6, 6.07) is 10.7. The molecule has 1 aromatic carbocycles. The van der Waals surface area contributed by atoms with Crippen LogP contribution in [0.1, 0.15) is 51.8 Å². The number of hydrogen-bond acceptors (Lipinski definition) is 5. The largest absolute Gasteiger partial charge is 0.372 e. The van der Waals surface area contributed by atoms with Crippen molar-refractivity contribution in [2.75, 3.05) is 35.2 Å². The summed E-state index contributed by atoms with van der Waals surface area (Å²) in [5.41, 5.74) is 2.36. The Bertz CT molecular complexity index is 705. The van der Waals surface area contributed by atoms with E-state index < -0.39 is 0 Å². The molecule has 2 N–H and O–H groups in total. The van der Waals surface area contributed by atoms with Gasteiger partial charge in [0.05, 0.1) is 0 Å². The number of anilines is 4. The van der Waals surface area contributed by atoms with Gasteiger partial charge in [-0.25, -0.2) is 9.97 Å².